The van der Waals surface area contributed by atoms with Crippen LogP contribution in [0.2, 0.25) is 0 Å². The van der Waals surface area contributed by atoms with E-state index in [0.717, 1.165) is 11.6 Å². The maximum Gasteiger partial charge on any atom is 0.513 e. The predicted molar refractivity (Wildman–Crippen MR) is 144 cm³/mol. The first kappa shape index (κ1) is 27.8. The highest BCUT2D eigenvalue weighted by atomic mass is 19.2. The van der Waals surface area contributed by atoms with Gasteiger partial charge in [0.15, 0.2) is 17.3 Å². The molecule has 0 bridgehead atoms. The van der Waals surface area contributed by atoms with Crippen LogP contribution in [0, 0.1) is 11.6 Å². The summed E-state index contributed by atoms with van der Waals surface area (Å²) >= 11 is 0. The number of imidazole rings is 1. The molecular weight excluding hydrogens is 522 g/mol. The standard InChI is InChI=1S/C28H34F2N6O4/c1-17(2)36(28(39)40)15-18(21-5-3-6-22(29)24(21)30)8-9-19(16-36)32-26(37)34-13-10-20(11-14-34)35-23-7-4-12-31-25(23)33-27(35)38/h3-7,12,17-20H,8-11,13-16H2,1-2H3,(H2-,31,32,33,37,38,39,40)/p+1/t18-,19-,36?/m1/s1. The Morgan fingerprint density at radius 1 is 1.10 bits per heavy atom. The lowest BCUT2D eigenvalue weighted by molar-refractivity contribution is -0.879. The van der Waals surface area contributed by atoms with Crippen LogP contribution in [-0.2, 0) is 0 Å². The first-order valence-corrected chi connectivity index (χ1v) is 13.8. The number of hydrogen-bond acceptors (Lipinski definition) is 4. The number of piperidine rings is 1. The topological polar surface area (TPSA) is 120 Å². The summed E-state index contributed by atoms with van der Waals surface area (Å²) in [5.41, 5.74) is 1.20. The number of likely N-dealkylation sites (tertiary alicyclic amines) is 2. The summed E-state index contributed by atoms with van der Waals surface area (Å²) in [7, 11) is 0. The van der Waals surface area contributed by atoms with E-state index in [1.165, 1.54) is 12.1 Å². The van der Waals surface area contributed by atoms with Crippen molar-refractivity contribution in [3.63, 3.8) is 0 Å². The number of amides is 3. The van der Waals surface area contributed by atoms with Crippen molar-refractivity contribution in [3.8, 4) is 0 Å². The fourth-order valence-electron chi connectivity index (χ4n) is 6.37. The summed E-state index contributed by atoms with van der Waals surface area (Å²) in [4.78, 5) is 47.2. The van der Waals surface area contributed by atoms with E-state index in [0.29, 0.717) is 44.4 Å². The molecule has 3 N–H and O–H groups in total. The minimum Gasteiger partial charge on any atom is -0.435 e. The number of carboxylic acid groups (broad SMARTS) is 1. The van der Waals surface area contributed by atoms with Gasteiger partial charge in [-0.15, -0.1) is 0 Å². The van der Waals surface area contributed by atoms with Crippen molar-refractivity contribution in [2.45, 2.75) is 63.6 Å². The van der Waals surface area contributed by atoms with Crippen LogP contribution in [0.25, 0.3) is 11.2 Å². The fourth-order valence-corrected chi connectivity index (χ4v) is 6.37. The molecule has 2 fully saturated rings. The van der Waals surface area contributed by atoms with Crippen molar-refractivity contribution >= 4 is 23.3 Å². The van der Waals surface area contributed by atoms with Gasteiger partial charge in [0.05, 0.1) is 24.1 Å². The Hall–Kier alpha value is -3.80. The Morgan fingerprint density at radius 3 is 2.55 bits per heavy atom. The Balaban J connectivity index is 1.30. The molecular formula is C28H35F2N6O4+. The molecule has 4 heterocycles. The third-order valence-corrected chi connectivity index (χ3v) is 8.68. The lowest BCUT2D eigenvalue weighted by Crippen LogP contribution is -2.62. The number of fused-ring (bicyclic) bond motifs is 1. The van der Waals surface area contributed by atoms with E-state index in [4.69, 9.17) is 0 Å². The largest absolute Gasteiger partial charge is 0.513 e. The van der Waals surface area contributed by atoms with Crippen LogP contribution in [0.5, 0.6) is 0 Å². The average molecular weight is 558 g/mol. The maximum absolute atomic E-state index is 14.7. The second kappa shape index (κ2) is 11.0. The van der Waals surface area contributed by atoms with Gasteiger partial charge in [-0.25, -0.2) is 27.8 Å². The number of H-pyrrole nitrogens is 1. The van der Waals surface area contributed by atoms with Crippen LogP contribution in [0.4, 0.5) is 18.4 Å². The molecule has 1 unspecified atom stereocenters. The van der Waals surface area contributed by atoms with Crippen LogP contribution in [-0.4, -0.2) is 79.4 Å². The number of benzene rings is 1. The number of hydrogen-bond donors (Lipinski definition) is 3. The van der Waals surface area contributed by atoms with E-state index in [1.54, 1.807) is 35.6 Å². The number of halogens is 2. The lowest BCUT2D eigenvalue weighted by Gasteiger charge is -2.39. The van der Waals surface area contributed by atoms with Gasteiger partial charge >= 0.3 is 17.8 Å². The molecule has 0 aliphatic carbocycles. The second-order valence-corrected chi connectivity index (χ2v) is 11.2. The number of nitrogens with one attached hydrogen (secondary N) is 2. The highest BCUT2D eigenvalue weighted by Crippen LogP contribution is 2.35. The van der Waals surface area contributed by atoms with Crippen molar-refractivity contribution in [1.29, 1.82) is 0 Å². The van der Waals surface area contributed by atoms with E-state index in [2.05, 4.69) is 15.3 Å². The van der Waals surface area contributed by atoms with Crippen LogP contribution < -0.4 is 11.0 Å². The number of carbonyl (C=O) groups is 2. The summed E-state index contributed by atoms with van der Waals surface area (Å²) < 4.78 is 30.1. The summed E-state index contributed by atoms with van der Waals surface area (Å²) in [5.74, 6) is -2.43. The molecule has 5 rings (SSSR count). The normalized spacial score (nSPS) is 24.3. The van der Waals surface area contributed by atoms with E-state index >= 15 is 0 Å². The van der Waals surface area contributed by atoms with Crippen molar-refractivity contribution in [2.75, 3.05) is 26.2 Å². The van der Waals surface area contributed by atoms with E-state index in [-0.39, 0.29) is 46.9 Å². The van der Waals surface area contributed by atoms with Crippen molar-refractivity contribution in [2.24, 2.45) is 0 Å². The molecule has 3 atom stereocenters. The zero-order valence-electron chi connectivity index (χ0n) is 22.6. The molecule has 2 aliphatic heterocycles. The minimum atomic E-state index is -1.06. The Labute approximate surface area is 230 Å². The summed E-state index contributed by atoms with van der Waals surface area (Å²) in [6.07, 6.45) is 2.57. The molecule has 40 heavy (non-hydrogen) atoms. The molecule has 0 saturated carbocycles. The van der Waals surface area contributed by atoms with Gasteiger partial charge in [-0.05, 0) is 63.3 Å². The summed E-state index contributed by atoms with van der Waals surface area (Å²) in [6, 6.07) is 6.44. The fraction of sp³-hybridized carbons (Fsp3) is 0.500. The van der Waals surface area contributed by atoms with Gasteiger partial charge in [0, 0.05) is 31.2 Å². The summed E-state index contributed by atoms with van der Waals surface area (Å²) in [6.45, 7) is 4.69. The highest BCUT2D eigenvalue weighted by molar-refractivity contribution is 5.75. The molecule has 214 valence electrons. The Bertz CT molecular complexity index is 1460. The maximum atomic E-state index is 14.7. The molecule has 2 aromatic heterocycles. The molecule has 10 nitrogen and oxygen atoms in total. The molecule has 2 aliphatic rings. The molecule has 12 heteroatoms. The van der Waals surface area contributed by atoms with Crippen LogP contribution in [0.15, 0.2) is 41.3 Å². The van der Waals surface area contributed by atoms with Crippen molar-refractivity contribution < 1.29 is 28.0 Å². The molecule has 0 radical (unpaired) electrons. The SMILES string of the molecule is CC(C)[N+]1(C(=O)O)C[C@H](NC(=O)N2CCC(n3c(=O)[nH]c4ncccc43)CC2)CC[C@@H](c2cccc(F)c2F)C1. The number of carbonyl (C=O) groups excluding carboxylic acids is 1. The highest BCUT2D eigenvalue weighted by Gasteiger charge is 2.47. The first-order valence-electron chi connectivity index (χ1n) is 13.8. The molecule has 1 aromatic carbocycles. The number of aromatic amines is 1. The van der Waals surface area contributed by atoms with Gasteiger partial charge in [-0.1, -0.05) is 12.1 Å². The van der Waals surface area contributed by atoms with E-state index in [1.807, 2.05) is 6.07 Å². The predicted octanol–water partition coefficient (Wildman–Crippen LogP) is 4.20. The van der Waals surface area contributed by atoms with Gasteiger partial charge in [0.2, 0.25) is 0 Å². The second-order valence-electron chi connectivity index (χ2n) is 11.2. The third-order valence-electron chi connectivity index (χ3n) is 8.68. The van der Waals surface area contributed by atoms with E-state index < -0.39 is 29.7 Å². The number of urea groups is 1. The molecule has 2 saturated heterocycles. The zero-order chi connectivity index (χ0) is 28.6. The van der Waals surface area contributed by atoms with Gasteiger partial charge in [-0.2, -0.15) is 4.79 Å². The van der Waals surface area contributed by atoms with Crippen molar-refractivity contribution in [3.05, 3.63) is 64.2 Å². The van der Waals surface area contributed by atoms with Crippen molar-refractivity contribution in [1.82, 2.24) is 24.8 Å². The third kappa shape index (κ3) is 5.07. The molecule has 3 aromatic rings. The van der Waals surface area contributed by atoms with Gasteiger partial charge < -0.3 is 15.3 Å². The first-order chi connectivity index (χ1) is 19.1. The molecule has 3 amide bonds. The lowest BCUT2D eigenvalue weighted by atomic mass is 9.92. The number of rotatable bonds is 4. The number of pyridine rings is 1. The van der Waals surface area contributed by atoms with Gasteiger partial charge in [-0.3, -0.25) is 9.55 Å². The number of nitrogens with zero attached hydrogens (tertiary/aromatic N) is 4. The number of aromatic nitrogens is 3. The van der Waals surface area contributed by atoms with E-state index in [9.17, 15) is 28.3 Å². The van der Waals surface area contributed by atoms with Gasteiger partial charge in [0.1, 0.15) is 6.54 Å². The summed E-state index contributed by atoms with van der Waals surface area (Å²) in [5, 5.41) is 13.4. The quantitative estimate of drug-likeness (QED) is 0.416. The monoisotopic (exact) mass is 557 g/mol. The van der Waals surface area contributed by atoms with Gasteiger partial charge in [0.25, 0.3) is 0 Å². The average Bonchev–Trinajstić information content (AvgIpc) is 3.13. The number of quaternary nitrogens is 1. The smallest absolute Gasteiger partial charge is 0.435 e. The minimum absolute atomic E-state index is 0.0772. The van der Waals surface area contributed by atoms with Crippen LogP contribution in [0.1, 0.15) is 57.1 Å². The van der Waals surface area contributed by atoms with Crippen LogP contribution in [0.3, 0.4) is 0 Å². The Kier molecular flexibility index (Phi) is 7.63. The molecule has 0 spiro atoms. The van der Waals surface area contributed by atoms with Crippen LogP contribution >= 0.6 is 0 Å². The zero-order valence-corrected chi connectivity index (χ0v) is 22.6. The Morgan fingerprint density at radius 2 is 1.85 bits per heavy atom.